The Labute approximate surface area is 104 Å². The van der Waals surface area contributed by atoms with Gasteiger partial charge in [-0.1, -0.05) is 6.92 Å². The highest BCUT2D eigenvalue weighted by Crippen LogP contribution is 2.12. The molecule has 1 amide bonds. The standard InChI is InChI=1S/C13H26N2O2/c1-4-10(2)15-13(16)11(3)14-8-12-6-5-7-17-9-12/h10-12,14H,4-9H2,1-3H3,(H,15,16). The van der Waals surface area contributed by atoms with Gasteiger partial charge in [0, 0.05) is 19.2 Å². The Morgan fingerprint density at radius 1 is 1.47 bits per heavy atom. The SMILES string of the molecule is CCC(C)NC(=O)C(C)NCC1CCCOC1. The molecule has 4 heteroatoms. The number of amides is 1. The van der Waals surface area contributed by atoms with Crippen LogP contribution in [-0.2, 0) is 9.53 Å². The second-order valence-electron chi connectivity index (χ2n) is 5.03. The van der Waals surface area contributed by atoms with E-state index >= 15 is 0 Å². The zero-order valence-electron chi connectivity index (χ0n) is 11.3. The Hall–Kier alpha value is -0.610. The molecule has 0 spiro atoms. The minimum absolute atomic E-state index is 0.0936. The van der Waals surface area contributed by atoms with Crippen LogP contribution in [0.15, 0.2) is 0 Å². The van der Waals surface area contributed by atoms with E-state index in [0.29, 0.717) is 5.92 Å². The predicted octanol–water partition coefficient (Wildman–Crippen LogP) is 1.31. The van der Waals surface area contributed by atoms with Gasteiger partial charge in [-0.25, -0.2) is 0 Å². The first-order valence-electron chi connectivity index (χ1n) is 6.75. The van der Waals surface area contributed by atoms with Gasteiger partial charge in [0.2, 0.25) is 5.91 Å². The quantitative estimate of drug-likeness (QED) is 0.738. The van der Waals surface area contributed by atoms with E-state index in [-0.39, 0.29) is 18.0 Å². The van der Waals surface area contributed by atoms with Gasteiger partial charge >= 0.3 is 0 Å². The largest absolute Gasteiger partial charge is 0.381 e. The van der Waals surface area contributed by atoms with Gasteiger partial charge in [-0.05, 0) is 39.0 Å². The van der Waals surface area contributed by atoms with Gasteiger partial charge in [-0.3, -0.25) is 4.79 Å². The van der Waals surface area contributed by atoms with Gasteiger partial charge in [0.15, 0.2) is 0 Å². The van der Waals surface area contributed by atoms with E-state index in [1.54, 1.807) is 0 Å². The molecular weight excluding hydrogens is 216 g/mol. The Bertz CT molecular complexity index is 227. The molecule has 0 saturated carbocycles. The van der Waals surface area contributed by atoms with Crippen LogP contribution in [0.2, 0.25) is 0 Å². The molecule has 2 N–H and O–H groups in total. The number of carbonyl (C=O) groups excluding carboxylic acids is 1. The summed E-state index contributed by atoms with van der Waals surface area (Å²) in [6, 6.07) is 0.135. The third kappa shape index (κ3) is 5.50. The molecule has 0 aromatic carbocycles. The number of hydrogen-bond donors (Lipinski definition) is 2. The fourth-order valence-electron chi connectivity index (χ4n) is 1.87. The Morgan fingerprint density at radius 3 is 2.82 bits per heavy atom. The minimum Gasteiger partial charge on any atom is -0.381 e. The van der Waals surface area contributed by atoms with Gasteiger partial charge in [0.05, 0.1) is 12.6 Å². The molecule has 1 heterocycles. The van der Waals surface area contributed by atoms with Crippen molar-refractivity contribution in [2.45, 2.75) is 52.1 Å². The van der Waals surface area contributed by atoms with Gasteiger partial charge in [0.25, 0.3) is 0 Å². The van der Waals surface area contributed by atoms with E-state index in [1.165, 1.54) is 6.42 Å². The fourth-order valence-corrected chi connectivity index (χ4v) is 1.87. The van der Waals surface area contributed by atoms with Crippen molar-refractivity contribution >= 4 is 5.91 Å². The van der Waals surface area contributed by atoms with Crippen molar-refractivity contribution < 1.29 is 9.53 Å². The molecule has 3 atom stereocenters. The van der Waals surface area contributed by atoms with Crippen LogP contribution in [0, 0.1) is 5.92 Å². The Kier molecular flexibility index (Phi) is 6.52. The maximum atomic E-state index is 11.8. The molecule has 1 rings (SSSR count). The van der Waals surface area contributed by atoms with Crippen LogP contribution >= 0.6 is 0 Å². The normalized spacial score (nSPS) is 24.1. The first-order valence-corrected chi connectivity index (χ1v) is 6.75. The van der Waals surface area contributed by atoms with Crippen molar-refractivity contribution in [2.24, 2.45) is 5.92 Å². The van der Waals surface area contributed by atoms with Crippen LogP contribution < -0.4 is 10.6 Å². The lowest BCUT2D eigenvalue weighted by molar-refractivity contribution is -0.123. The van der Waals surface area contributed by atoms with Gasteiger partial charge in [-0.15, -0.1) is 0 Å². The maximum absolute atomic E-state index is 11.8. The number of hydrogen-bond acceptors (Lipinski definition) is 3. The van der Waals surface area contributed by atoms with E-state index in [4.69, 9.17) is 4.74 Å². The smallest absolute Gasteiger partial charge is 0.237 e. The summed E-state index contributed by atoms with van der Waals surface area (Å²) in [5, 5.41) is 6.27. The van der Waals surface area contributed by atoms with Crippen LogP contribution in [0.3, 0.4) is 0 Å². The summed E-state index contributed by atoms with van der Waals surface area (Å²) in [6.45, 7) is 8.60. The number of carbonyl (C=O) groups is 1. The van der Waals surface area contributed by atoms with E-state index in [2.05, 4.69) is 17.6 Å². The van der Waals surface area contributed by atoms with Crippen molar-refractivity contribution in [1.29, 1.82) is 0 Å². The summed E-state index contributed by atoms with van der Waals surface area (Å²) < 4.78 is 5.42. The van der Waals surface area contributed by atoms with E-state index in [0.717, 1.165) is 32.6 Å². The van der Waals surface area contributed by atoms with Crippen molar-refractivity contribution in [3.05, 3.63) is 0 Å². The van der Waals surface area contributed by atoms with E-state index < -0.39 is 0 Å². The molecule has 1 aliphatic rings. The Morgan fingerprint density at radius 2 is 2.24 bits per heavy atom. The number of nitrogens with one attached hydrogen (secondary N) is 2. The average molecular weight is 242 g/mol. The molecule has 100 valence electrons. The van der Waals surface area contributed by atoms with Crippen molar-refractivity contribution in [1.82, 2.24) is 10.6 Å². The second kappa shape index (κ2) is 7.67. The molecule has 0 aliphatic carbocycles. The minimum atomic E-state index is -0.120. The van der Waals surface area contributed by atoms with Gasteiger partial charge in [0.1, 0.15) is 0 Å². The molecule has 1 saturated heterocycles. The lowest BCUT2D eigenvalue weighted by atomic mass is 10.0. The van der Waals surface area contributed by atoms with Gasteiger partial charge < -0.3 is 15.4 Å². The van der Waals surface area contributed by atoms with Crippen molar-refractivity contribution in [3.63, 3.8) is 0 Å². The monoisotopic (exact) mass is 242 g/mol. The van der Waals surface area contributed by atoms with Crippen LogP contribution in [0.5, 0.6) is 0 Å². The molecule has 17 heavy (non-hydrogen) atoms. The summed E-state index contributed by atoms with van der Waals surface area (Å²) in [4.78, 5) is 11.8. The first-order chi connectivity index (χ1) is 8.13. The van der Waals surface area contributed by atoms with Crippen LogP contribution in [-0.4, -0.2) is 37.7 Å². The molecular formula is C13H26N2O2. The maximum Gasteiger partial charge on any atom is 0.237 e. The summed E-state index contributed by atoms with van der Waals surface area (Å²) in [7, 11) is 0. The highest BCUT2D eigenvalue weighted by atomic mass is 16.5. The topological polar surface area (TPSA) is 50.4 Å². The average Bonchev–Trinajstić information content (AvgIpc) is 2.36. The lowest BCUT2D eigenvalue weighted by Gasteiger charge is -2.24. The molecule has 1 fully saturated rings. The van der Waals surface area contributed by atoms with Crippen molar-refractivity contribution in [2.75, 3.05) is 19.8 Å². The number of ether oxygens (including phenoxy) is 1. The first kappa shape index (κ1) is 14.5. The number of rotatable bonds is 6. The van der Waals surface area contributed by atoms with Crippen LogP contribution in [0.25, 0.3) is 0 Å². The molecule has 0 bridgehead atoms. The third-order valence-electron chi connectivity index (χ3n) is 3.36. The molecule has 4 nitrogen and oxygen atoms in total. The molecule has 1 aliphatic heterocycles. The highest BCUT2D eigenvalue weighted by Gasteiger charge is 2.18. The highest BCUT2D eigenvalue weighted by molar-refractivity contribution is 5.81. The Balaban J connectivity index is 2.18. The third-order valence-corrected chi connectivity index (χ3v) is 3.36. The lowest BCUT2D eigenvalue weighted by Crippen LogP contribution is -2.47. The van der Waals surface area contributed by atoms with Crippen LogP contribution in [0.1, 0.15) is 40.0 Å². The van der Waals surface area contributed by atoms with E-state index in [1.807, 2.05) is 13.8 Å². The molecule has 0 aromatic heterocycles. The zero-order valence-corrected chi connectivity index (χ0v) is 11.3. The van der Waals surface area contributed by atoms with E-state index in [9.17, 15) is 4.79 Å². The predicted molar refractivity (Wildman–Crippen MR) is 68.9 cm³/mol. The summed E-state index contributed by atoms with van der Waals surface area (Å²) >= 11 is 0. The summed E-state index contributed by atoms with van der Waals surface area (Å²) in [5.74, 6) is 0.652. The summed E-state index contributed by atoms with van der Waals surface area (Å²) in [6.07, 6.45) is 3.31. The molecule has 0 aromatic rings. The van der Waals surface area contributed by atoms with Gasteiger partial charge in [-0.2, -0.15) is 0 Å². The van der Waals surface area contributed by atoms with Crippen LogP contribution in [0.4, 0.5) is 0 Å². The zero-order chi connectivity index (χ0) is 12.7. The molecule has 3 unspecified atom stereocenters. The second-order valence-corrected chi connectivity index (χ2v) is 5.03. The fraction of sp³-hybridized carbons (Fsp3) is 0.923. The van der Waals surface area contributed by atoms with Crippen molar-refractivity contribution in [3.8, 4) is 0 Å². The molecule has 0 radical (unpaired) electrons. The summed E-state index contributed by atoms with van der Waals surface area (Å²) in [5.41, 5.74) is 0.